The molecule has 0 fully saturated rings. The number of halogens is 1. The summed E-state index contributed by atoms with van der Waals surface area (Å²) >= 11 is 0. The number of carbonyl (C=O) groups is 1. The first-order valence-corrected chi connectivity index (χ1v) is 6.12. The molecule has 0 aliphatic rings. The number of nitrogens with one attached hydrogen (secondary N) is 1. The van der Waals surface area contributed by atoms with Crippen LogP contribution in [0, 0.1) is 5.95 Å². The summed E-state index contributed by atoms with van der Waals surface area (Å²) < 4.78 is 17.6. The number of ether oxygens (including phenoxy) is 1. The maximum atomic E-state index is 12.6. The molecule has 5 heteroatoms. The van der Waals surface area contributed by atoms with E-state index in [9.17, 15) is 9.18 Å². The van der Waals surface area contributed by atoms with E-state index < -0.39 is 17.6 Å². The number of alkyl carbamates (subject to hydrolysis) is 1. The van der Waals surface area contributed by atoms with E-state index in [1.54, 1.807) is 6.07 Å². The van der Waals surface area contributed by atoms with Gasteiger partial charge in [-0.2, -0.15) is 4.39 Å². The number of rotatable bonds is 4. The van der Waals surface area contributed by atoms with Crippen molar-refractivity contribution in [2.45, 2.75) is 32.8 Å². The lowest BCUT2D eigenvalue weighted by atomic mass is 10.2. The van der Waals surface area contributed by atoms with Gasteiger partial charge in [0.25, 0.3) is 0 Å². The first kappa shape index (κ1) is 15.1. The van der Waals surface area contributed by atoms with Crippen molar-refractivity contribution in [3.05, 3.63) is 35.9 Å². The fraction of sp³-hybridized carbons (Fsp3) is 0.429. The molecule has 1 N–H and O–H groups in total. The summed E-state index contributed by atoms with van der Waals surface area (Å²) in [5, 5.41) is 2.65. The van der Waals surface area contributed by atoms with Crippen LogP contribution >= 0.6 is 0 Å². The number of nitrogens with zero attached hydrogens (tertiary/aromatic N) is 1. The zero-order valence-electron chi connectivity index (χ0n) is 11.4. The molecule has 0 saturated carbocycles. The molecule has 4 nitrogen and oxygen atoms in total. The van der Waals surface area contributed by atoms with E-state index in [1.165, 1.54) is 12.3 Å². The van der Waals surface area contributed by atoms with Crippen molar-refractivity contribution in [1.29, 1.82) is 0 Å². The zero-order chi connectivity index (χ0) is 14.3. The van der Waals surface area contributed by atoms with Crippen molar-refractivity contribution in [1.82, 2.24) is 10.3 Å². The Balaban J connectivity index is 2.24. The van der Waals surface area contributed by atoms with Crippen LogP contribution in [0.2, 0.25) is 0 Å². The van der Waals surface area contributed by atoms with Gasteiger partial charge in [-0.1, -0.05) is 12.2 Å². The van der Waals surface area contributed by atoms with Crippen LogP contribution in [-0.2, 0) is 4.74 Å². The van der Waals surface area contributed by atoms with Gasteiger partial charge in [0, 0.05) is 12.7 Å². The summed E-state index contributed by atoms with van der Waals surface area (Å²) in [4.78, 5) is 14.9. The largest absolute Gasteiger partial charge is 0.444 e. The summed E-state index contributed by atoms with van der Waals surface area (Å²) in [5.41, 5.74) is 0.332. The molecule has 0 saturated heterocycles. The second-order valence-corrected chi connectivity index (χ2v) is 5.03. The molecule has 1 aromatic heterocycles. The predicted molar refractivity (Wildman–Crippen MR) is 72.1 cm³/mol. The molecule has 0 aromatic carbocycles. The summed E-state index contributed by atoms with van der Waals surface area (Å²) in [7, 11) is 0. The van der Waals surface area contributed by atoms with Crippen molar-refractivity contribution >= 4 is 12.2 Å². The Morgan fingerprint density at radius 1 is 1.47 bits per heavy atom. The number of hydrogen-bond acceptors (Lipinski definition) is 3. The van der Waals surface area contributed by atoms with E-state index in [0.717, 1.165) is 5.56 Å². The molecule has 0 bridgehead atoms. The van der Waals surface area contributed by atoms with E-state index in [1.807, 2.05) is 32.9 Å². The van der Waals surface area contributed by atoms with Crippen LogP contribution < -0.4 is 5.32 Å². The molecule has 0 aliphatic carbocycles. The highest BCUT2D eigenvalue weighted by molar-refractivity contribution is 5.67. The van der Waals surface area contributed by atoms with Gasteiger partial charge in [0.15, 0.2) is 0 Å². The van der Waals surface area contributed by atoms with Gasteiger partial charge in [-0.15, -0.1) is 0 Å². The summed E-state index contributed by atoms with van der Waals surface area (Å²) in [6.45, 7) is 5.93. The molecular weight excluding hydrogens is 247 g/mol. The van der Waals surface area contributed by atoms with Gasteiger partial charge in [0.05, 0.1) is 0 Å². The maximum absolute atomic E-state index is 12.6. The van der Waals surface area contributed by atoms with Gasteiger partial charge < -0.3 is 10.1 Å². The molecule has 19 heavy (non-hydrogen) atoms. The minimum atomic E-state index is -0.497. The van der Waals surface area contributed by atoms with Gasteiger partial charge >= 0.3 is 6.09 Å². The lowest BCUT2D eigenvalue weighted by Crippen LogP contribution is -2.32. The van der Waals surface area contributed by atoms with Crippen LogP contribution in [0.25, 0.3) is 6.08 Å². The Morgan fingerprint density at radius 2 is 2.21 bits per heavy atom. The van der Waals surface area contributed by atoms with Crippen LogP contribution in [-0.4, -0.2) is 23.2 Å². The van der Waals surface area contributed by atoms with Crippen molar-refractivity contribution in [2.24, 2.45) is 0 Å². The van der Waals surface area contributed by atoms with Crippen LogP contribution in [0.15, 0.2) is 24.4 Å². The predicted octanol–water partition coefficient (Wildman–Crippen LogP) is 3.15. The van der Waals surface area contributed by atoms with Crippen LogP contribution in [0.4, 0.5) is 9.18 Å². The Labute approximate surface area is 112 Å². The smallest absolute Gasteiger partial charge is 0.407 e. The van der Waals surface area contributed by atoms with E-state index in [0.29, 0.717) is 13.0 Å². The van der Waals surface area contributed by atoms with Gasteiger partial charge in [-0.25, -0.2) is 9.78 Å². The molecule has 1 rings (SSSR count). The van der Waals surface area contributed by atoms with Crippen molar-refractivity contribution in [3.8, 4) is 0 Å². The lowest BCUT2D eigenvalue weighted by Gasteiger charge is -2.19. The summed E-state index contributed by atoms with van der Waals surface area (Å²) in [6, 6.07) is 2.94. The third-order valence-electron chi connectivity index (χ3n) is 2.04. The van der Waals surface area contributed by atoms with Crippen LogP contribution in [0.1, 0.15) is 32.8 Å². The summed E-state index contributed by atoms with van der Waals surface area (Å²) in [6.07, 6.45) is 5.39. The molecule has 0 unspecified atom stereocenters. The first-order chi connectivity index (χ1) is 8.87. The van der Waals surface area contributed by atoms with Gasteiger partial charge in [0.1, 0.15) is 5.60 Å². The Hall–Kier alpha value is -1.91. The van der Waals surface area contributed by atoms with E-state index >= 15 is 0 Å². The van der Waals surface area contributed by atoms with Crippen LogP contribution in [0.5, 0.6) is 0 Å². The highest BCUT2D eigenvalue weighted by Gasteiger charge is 2.14. The van der Waals surface area contributed by atoms with Gasteiger partial charge in [-0.3, -0.25) is 0 Å². The average Bonchev–Trinajstić information content (AvgIpc) is 2.29. The standard InChI is InChI=1S/C14H19FN2O2/c1-14(2,3)19-13(18)16-9-5-4-6-11-7-8-12(15)17-10-11/h4,6-8,10H,5,9H2,1-3H3,(H,16,18). The molecule has 0 spiro atoms. The molecule has 0 atom stereocenters. The maximum Gasteiger partial charge on any atom is 0.407 e. The average molecular weight is 266 g/mol. The Kier molecular flexibility index (Phi) is 5.48. The number of amides is 1. The SMILES string of the molecule is CC(C)(C)OC(=O)NCCC=Cc1ccc(F)nc1. The quantitative estimate of drug-likeness (QED) is 0.672. The second kappa shape index (κ2) is 6.87. The van der Waals surface area contributed by atoms with E-state index in [-0.39, 0.29) is 0 Å². The third-order valence-corrected chi connectivity index (χ3v) is 2.04. The van der Waals surface area contributed by atoms with Gasteiger partial charge in [-0.05, 0) is 44.9 Å². The molecular formula is C14H19FN2O2. The number of pyridine rings is 1. The van der Waals surface area contributed by atoms with Crippen molar-refractivity contribution in [3.63, 3.8) is 0 Å². The van der Waals surface area contributed by atoms with Crippen molar-refractivity contribution in [2.75, 3.05) is 6.54 Å². The van der Waals surface area contributed by atoms with Crippen LogP contribution in [0.3, 0.4) is 0 Å². The molecule has 1 aromatic rings. The number of hydrogen-bond donors (Lipinski definition) is 1. The van der Waals surface area contributed by atoms with Crippen molar-refractivity contribution < 1.29 is 13.9 Å². The second-order valence-electron chi connectivity index (χ2n) is 5.03. The molecule has 104 valence electrons. The van der Waals surface area contributed by atoms with E-state index in [4.69, 9.17) is 4.74 Å². The zero-order valence-corrected chi connectivity index (χ0v) is 11.4. The normalized spacial score (nSPS) is 11.6. The van der Waals surface area contributed by atoms with E-state index in [2.05, 4.69) is 10.3 Å². The first-order valence-electron chi connectivity index (χ1n) is 6.12. The molecule has 0 aliphatic heterocycles. The topological polar surface area (TPSA) is 51.2 Å². The highest BCUT2D eigenvalue weighted by Crippen LogP contribution is 2.06. The number of aromatic nitrogens is 1. The Morgan fingerprint density at radius 3 is 2.79 bits per heavy atom. The van der Waals surface area contributed by atoms with Gasteiger partial charge in [0.2, 0.25) is 5.95 Å². The highest BCUT2D eigenvalue weighted by atomic mass is 19.1. The molecule has 1 amide bonds. The molecule has 1 heterocycles. The minimum absolute atomic E-state index is 0.427. The fourth-order valence-corrected chi connectivity index (χ4v) is 1.28. The third kappa shape index (κ3) is 7.18. The Bertz CT molecular complexity index is 436. The minimum Gasteiger partial charge on any atom is -0.444 e. The monoisotopic (exact) mass is 266 g/mol. The summed E-state index contributed by atoms with van der Waals surface area (Å²) in [5.74, 6) is -0.497. The lowest BCUT2D eigenvalue weighted by molar-refractivity contribution is 0.0529. The number of carbonyl (C=O) groups excluding carboxylic acids is 1. The molecule has 0 radical (unpaired) electrons. The fourth-order valence-electron chi connectivity index (χ4n) is 1.28.